The first-order valence-corrected chi connectivity index (χ1v) is 14.1. The Morgan fingerprint density at radius 2 is 1.66 bits per heavy atom. The van der Waals surface area contributed by atoms with Crippen molar-refractivity contribution in [1.82, 2.24) is 20.1 Å². The quantitative estimate of drug-likeness (QED) is 0.175. The average molecular weight is 553 g/mol. The van der Waals surface area contributed by atoms with Crippen molar-refractivity contribution in [2.75, 3.05) is 5.73 Å². The van der Waals surface area contributed by atoms with Gasteiger partial charge in [-0.3, -0.25) is 19.9 Å². The smallest absolute Gasteiger partial charge is 0.243 e. The number of hydrogen-bond donors (Lipinski definition) is 3. The average Bonchev–Trinajstić information content (AvgIpc) is 3.38. The summed E-state index contributed by atoms with van der Waals surface area (Å²) in [5.74, 6) is -0.764. The summed E-state index contributed by atoms with van der Waals surface area (Å²) in [5.41, 5.74) is 18.3. The summed E-state index contributed by atoms with van der Waals surface area (Å²) in [7, 11) is 0. The van der Waals surface area contributed by atoms with Gasteiger partial charge in [0.1, 0.15) is 5.69 Å². The molecule has 2 amide bonds. The maximum Gasteiger partial charge on any atom is 0.243 e. The van der Waals surface area contributed by atoms with E-state index in [1.54, 1.807) is 18.3 Å². The van der Waals surface area contributed by atoms with E-state index in [-0.39, 0.29) is 17.7 Å². The van der Waals surface area contributed by atoms with Crippen molar-refractivity contribution < 1.29 is 9.59 Å². The van der Waals surface area contributed by atoms with E-state index in [0.29, 0.717) is 18.5 Å². The number of rotatable bonds is 11. The normalized spacial score (nSPS) is 12.2. The first kappa shape index (κ1) is 29.7. The summed E-state index contributed by atoms with van der Waals surface area (Å²) in [6, 6.07) is 22.8. The number of carbonyl (C=O) groups excluding carboxylic acids is 2. The molecule has 0 radical (unpaired) electrons. The zero-order valence-electron chi connectivity index (χ0n) is 24.1. The summed E-state index contributed by atoms with van der Waals surface area (Å²) in [6.45, 7) is 6.60. The summed E-state index contributed by atoms with van der Waals surface area (Å²) in [4.78, 5) is 29.2. The molecule has 0 aliphatic heterocycles. The summed E-state index contributed by atoms with van der Waals surface area (Å²) in [6.07, 6.45) is 5.57. The van der Waals surface area contributed by atoms with E-state index in [1.807, 2.05) is 35.0 Å². The predicted molar refractivity (Wildman–Crippen MR) is 163 cm³/mol. The maximum atomic E-state index is 12.4. The number of hydrogen-bond acceptors (Lipinski definition) is 6. The molecular formula is C33H40N6O2. The molecule has 0 unspecified atom stereocenters. The molecular weight excluding hydrogens is 512 g/mol. The fourth-order valence-electron chi connectivity index (χ4n) is 4.62. The van der Waals surface area contributed by atoms with Crippen molar-refractivity contribution in [3.8, 4) is 17.1 Å². The van der Waals surface area contributed by atoms with Crippen molar-refractivity contribution in [2.45, 2.75) is 70.8 Å². The van der Waals surface area contributed by atoms with E-state index in [1.165, 1.54) is 5.56 Å². The van der Waals surface area contributed by atoms with Crippen LogP contribution in [0.5, 0.6) is 0 Å². The van der Waals surface area contributed by atoms with Gasteiger partial charge in [0.25, 0.3) is 0 Å². The van der Waals surface area contributed by atoms with E-state index < -0.39 is 11.9 Å². The van der Waals surface area contributed by atoms with Gasteiger partial charge in [-0.15, -0.1) is 0 Å². The van der Waals surface area contributed by atoms with Crippen LogP contribution in [0.15, 0.2) is 79.0 Å². The minimum Gasteiger partial charge on any atom is -0.399 e. The van der Waals surface area contributed by atoms with Crippen molar-refractivity contribution in [2.24, 2.45) is 5.73 Å². The number of unbranched alkanes of at least 4 members (excludes halogenated alkanes) is 2. The number of amides is 2. The van der Waals surface area contributed by atoms with Crippen molar-refractivity contribution in [3.05, 3.63) is 95.8 Å². The Labute approximate surface area is 242 Å². The Bertz CT molecular complexity index is 1440. The van der Waals surface area contributed by atoms with E-state index >= 15 is 0 Å². The largest absolute Gasteiger partial charge is 0.399 e. The molecule has 8 heteroatoms. The highest BCUT2D eigenvalue weighted by Crippen LogP contribution is 2.26. The van der Waals surface area contributed by atoms with Crippen LogP contribution in [-0.2, 0) is 27.8 Å². The van der Waals surface area contributed by atoms with Gasteiger partial charge in [-0.25, -0.2) is 4.68 Å². The van der Waals surface area contributed by atoms with Gasteiger partial charge in [-0.1, -0.05) is 57.5 Å². The number of nitrogen functional groups attached to an aromatic ring is 1. The molecule has 4 rings (SSSR count). The van der Waals surface area contributed by atoms with Gasteiger partial charge >= 0.3 is 0 Å². The van der Waals surface area contributed by atoms with E-state index in [2.05, 4.69) is 61.4 Å². The summed E-state index contributed by atoms with van der Waals surface area (Å²) >= 11 is 0. The Morgan fingerprint density at radius 1 is 0.927 bits per heavy atom. The van der Waals surface area contributed by atoms with Crippen molar-refractivity contribution in [1.29, 1.82) is 0 Å². The molecule has 5 N–H and O–H groups in total. The second kappa shape index (κ2) is 13.4. The topological polar surface area (TPSA) is 129 Å². The van der Waals surface area contributed by atoms with Crippen LogP contribution in [0, 0.1) is 0 Å². The molecule has 0 saturated carbocycles. The minimum absolute atomic E-state index is 0.0729. The highest BCUT2D eigenvalue weighted by atomic mass is 16.2. The molecule has 0 fully saturated rings. The molecule has 2 aromatic carbocycles. The first-order valence-electron chi connectivity index (χ1n) is 14.1. The van der Waals surface area contributed by atoms with Crippen LogP contribution in [0.3, 0.4) is 0 Å². The molecule has 214 valence electrons. The number of carbonyl (C=O) groups is 2. The maximum absolute atomic E-state index is 12.4. The number of aromatic nitrogens is 3. The molecule has 0 spiro atoms. The lowest BCUT2D eigenvalue weighted by Gasteiger charge is -2.19. The van der Waals surface area contributed by atoms with Crippen LogP contribution in [-0.4, -0.2) is 32.6 Å². The fourth-order valence-corrected chi connectivity index (χ4v) is 4.62. The Kier molecular flexibility index (Phi) is 9.68. The molecule has 41 heavy (non-hydrogen) atoms. The van der Waals surface area contributed by atoms with Crippen LogP contribution in [0.25, 0.3) is 17.1 Å². The standard InChI is InChI=1S/C33H40N6O2/c1-33(2,3)24-14-18-26(19-15-24)39-27(22-30(38-39)29-10-7-8-20-36-29)9-5-4-6-11-31(40)37-32(41)28(35)21-23-12-16-25(34)17-13-23/h7-8,10,12-20,22,28H,4-6,9,11,21,34-35H2,1-3H3,(H,37,40,41)/t28-/m0/s1. The van der Waals surface area contributed by atoms with Gasteiger partial charge in [0, 0.05) is 24.0 Å². The van der Waals surface area contributed by atoms with E-state index in [4.69, 9.17) is 16.6 Å². The Morgan fingerprint density at radius 3 is 2.32 bits per heavy atom. The number of imide groups is 1. The summed E-state index contributed by atoms with van der Waals surface area (Å²) in [5, 5.41) is 7.33. The molecule has 1 atom stereocenters. The van der Waals surface area contributed by atoms with E-state index in [0.717, 1.165) is 47.6 Å². The van der Waals surface area contributed by atoms with Crippen LogP contribution in [0.2, 0.25) is 0 Å². The molecule has 4 aromatic rings. The van der Waals surface area contributed by atoms with Gasteiger partial charge in [0.05, 0.1) is 17.4 Å². The lowest BCUT2D eigenvalue weighted by atomic mass is 9.87. The second-order valence-corrected chi connectivity index (χ2v) is 11.5. The van der Waals surface area contributed by atoms with Gasteiger partial charge in [-0.2, -0.15) is 5.10 Å². The lowest BCUT2D eigenvalue weighted by molar-refractivity contribution is -0.131. The third-order valence-electron chi connectivity index (χ3n) is 7.06. The third-order valence-corrected chi connectivity index (χ3v) is 7.06. The van der Waals surface area contributed by atoms with Crippen LogP contribution in [0.4, 0.5) is 5.69 Å². The number of nitrogens with two attached hydrogens (primary N) is 2. The van der Waals surface area contributed by atoms with Crippen LogP contribution >= 0.6 is 0 Å². The highest BCUT2D eigenvalue weighted by molar-refractivity contribution is 5.97. The molecule has 0 saturated heterocycles. The number of aryl methyl sites for hydroxylation is 1. The number of benzene rings is 2. The molecule has 0 bridgehead atoms. The van der Waals surface area contributed by atoms with Crippen molar-refractivity contribution >= 4 is 17.5 Å². The van der Waals surface area contributed by atoms with Crippen molar-refractivity contribution in [3.63, 3.8) is 0 Å². The van der Waals surface area contributed by atoms with Crippen LogP contribution in [0.1, 0.15) is 63.3 Å². The second-order valence-electron chi connectivity index (χ2n) is 11.5. The fraction of sp³-hybridized carbons (Fsp3) is 0.333. The predicted octanol–water partition coefficient (Wildman–Crippen LogP) is 5.13. The van der Waals surface area contributed by atoms with Crippen LogP contribution < -0.4 is 16.8 Å². The molecule has 0 aliphatic rings. The number of nitrogens with one attached hydrogen (secondary N) is 1. The first-order chi connectivity index (χ1) is 19.6. The third kappa shape index (κ3) is 8.35. The zero-order valence-corrected chi connectivity index (χ0v) is 24.1. The van der Waals surface area contributed by atoms with Gasteiger partial charge in [-0.05, 0) is 84.7 Å². The minimum atomic E-state index is -0.798. The number of pyridine rings is 1. The molecule has 8 nitrogen and oxygen atoms in total. The molecule has 0 aliphatic carbocycles. The summed E-state index contributed by atoms with van der Waals surface area (Å²) < 4.78 is 1.99. The number of anilines is 1. The van der Waals surface area contributed by atoms with E-state index in [9.17, 15) is 9.59 Å². The molecule has 2 heterocycles. The van der Waals surface area contributed by atoms with Gasteiger partial charge < -0.3 is 11.5 Å². The monoisotopic (exact) mass is 552 g/mol. The van der Waals surface area contributed by atoms with Gasteiger partial charge in [0.2, 0.25) is 11.8 Å². The number of nitrogens with zero attached hydrogens (tertiary/aromatic N) is 3. The zero-order chi connectivity index (χ0) is 29.4. The Hall–Kier alpha value is -4.30. The van der Waals surface area contributed by atoms with Gasteiger partial charge in [0.15, 0.2) is 0 Å². The SMILES string of the molecule is CC(C)(C)c1ccc(-n2nc(-c3ccccn3)cc2CCCCCC(=O)NC(=O)[C@@H](N)Cc2ccc(N)cc2)cc1. The Balaban J connectivity index is 1.31. The highest BCUT2D eigenvalue weighted by Gasteiger charge is 2.18. The molecule has 2 aromatic heterocycles. The lowest BCUT2D eigenvalue weighted by Crippen LogP contribution is -2.44.